The van der Waals surface area contributed by atoms with Gasteiger partial charge in [0.25, 0.3) is 0 Å². The molecule has 1 amide bonds. The fourth-order valence-electron chi connectivity index (χ4n) is 2.37. The standard InChI is InChI=1S/C21H22ClNO3/c1-2-26-21(25)14-15-23(16-18-8-11-19(22)12-9-18)20(24)13-10-17-6-4-3-5-7-17/h3-13H,2,14-16H2,1H3/b13-10+. The molecule has 5 heteroatoms. The highest BCUT2D eigenvalue weighted by Gasteiger charge is 2.14. The third-order valence-corrected chi connectivity index (χ3v) is 3.96. The van der Waals surface area contributed by atoms with Crippen LogP contribution in [-0.4, -0.2) is 29.9 Å². The van der Waals surface area contributed by atoms with Gasteiger partial charge in [0.2, 0.25) is 5.91 Å². The zero-order valence-corrected chi connectivity index (χ0v) is 15.5. The number of hydrogen-bond donors (Lipinski definition) is 0. The summed E-state index contributed by atoms with van der Waals surface area (Å²) in [5.74, 6) is -0.471. The number of benzene rings is 2. The third-order valence-electron chi connectivity index (χ3n) is 3.71. The number of amides is 1. The van der Waals surface area contributed by atoms with Gasteiger partial charge in [-0.15, -0.1) is 0 Å². The van der Waals surface area contributed by atoms with E-state index in [-0.39, 0.29) is 18.3 Å². The van der Waals surface area contributed by atoms with Crippen molar-refractivity contribution in [3.05, 3.63) is 76.8 Å². The van der Waals surface area contributed by atoms with E-state index in [9.17, 15) is 9.59 Å². The van der Waals surface area contributed by atoms with Gasteiger partial charge in [0, 0.05) is 24.2 Å². The zero-order chi connectivity index (χ0) is 18.8. The summed E-state index contributed by atoms with van der Waals surface area (Å²) in [6.45, 7) is 2.78. The van der Waals surface area contributed by atoms with Crippen LogP contribution in [0.5, 0.6) is 0 Å². The highest BCUT2D eigenvalue weighted by molar-refractivity contribution is 6.30. The van der Waals surface area contributed by atoms with Crippen LogP contribution in [0.3, 0.4) is 0 Å². The van der Waals surface area contributed by atoms with Gasteiger partial charge in [-0.25, -0.2) is 0 Å². The molecule has 0 aliphatic carbocycles. The van der Waals surface area contributed by atoms with Crippen molar-refractivity contribution in [2.24, 2.45) is 0 Å². The second-order valence-electron chi connectivity index (χ2n) is 5.69. The number of esters is 1. The van der Waals surface area contributed by atoms with Gasteiger partial charge in [-0.1, -0.05) is 54.1 Å². The van der Waals surface area contributed by atoms with E-state index in [1.807, 2.05) is 42.5 Å². The molecule has 26 heavy (non-hydrogen) atoms. The first-order valence-electron chi connectivity index (χ1n) is 8.50. The molecular weight excluding hydrogens is 350 g/mol. The Balaban J connectivity index is 2.07. The fourth-order valence-corrected chi connectivity index (χ4v) is 2.50. The van der Waals surface area contributed by atoms with Crippen molar-refractivity contribution in [1.29, 1.82) is 0 Å². The number of hydrogen-bond acceptors (Lipinski definition) is 3. The summed E-state index contributed by atoms with van der Waals surface area (Å²) < 4.78 is 4.95. The lowest BCUT2D eigenvalue weighted by Crippen LogP contribution is -2.31. The minimum absolute atomic E-state index is 0.159. The van der Waals surface area contributed by atoms with Crippen LogP contribution in [0.2, 0.25) is 5.02 Å². The molecule has 0 saturated carbocycles. The lowest BCUT2D eigenvalue weighted by atomic mass is 10.2. The Morgan fingerprint density at radius 1 is 1.08 bits per heavy atom. The van der Waals surface area contributed by atoms with Crippen LogP contribution in [0.15, 0.2) is 60.7 Å². The quantitative estimate of drug-likeness (QED) is 0.512. The van der Waals surface area contributed by atoms with Crippen LogP contribution in [-0.2, 0) is 20.9 Å². The summed E-state index contributed by atoms with van der Waals surface area (Å²) in [6.07, 6.45) is 3.45. The SMILES string of the molecule is CCOC(=O)CCN(Cc1ccc(Cl)cc1)C(=O)/C=C/c1ccccc1. The lowest BCUT2D eigenvalue weighted by molar-refractivity contribution is -0.143. The molecule has 0 N–H and O–H groups in total. The molecule has 0 atom stereocenters. The third kappa shape index (κ3) is 6.73. The van der Waals surface area contributed by atoms with E-state index in [1.54, 1.807) is 30.0 Å². The van der Waals surface area contributed by atoms with Crippen LogP contribution in [0, 0.1) is 0 Å². The van der Waals surface area contributed by atoms with E-state index in [4.69, 9.17) is 16.3 Å². The van der Waals surface area contributed by atoms with Crippen molar-refractivity contribution in [2.45, 2.75) is 19.9 Å². The molecule has 0 fully saturated rings. The summed E-state index contributed by atoms with van der Waals surface area (Å²) in [7, 11) is 0. The summed E-state index contributed by atoms with van der Waals surface area (Å²) in [4.78, 5) is 25.9. The molecule has 4 nitrogen and oxygen atoms in total. The number of rotatable bonds is 8. The molecule has 0 radical (unpaired) electrons. The molecule has 2 aromatic rings. The molecule has 0 aromatic heterocycles. The smallest absolute Gasteiger partial charge is 0.307 e. The van der Waals surface area contributed by atoms with Gasteiger partial charge >= 0.3 is 5.97 Å². The van der Waals surface area contributed by atoms with Gasteiger partial charge in [0.15, 0.2) is 0 Å². The maximum atomic E-state index is 12.6. The number of ether oxygens (including phenoxy) is 1. The maximum Gasteiger partial charge on any atom is 0.307 e. The first-order chi connectivity index (χ1) is 12.6. The van der Waals surface area contributed by atoms with E-state index < -0.39 is 0 Å². The van der Waals surface area contributed by atoms with Gasteiger partial charge in [0.05, 0.1) is 13.0 Å². The molecule has 136 valence electrons. The van der Waals surface area contributed by atoms with Crippen LogP contribution in [0.25, 0.3) is 6.08 Å². The molecule has 0 aliphatic heterocycles. The largest absolute Gasteiger partial charge is 0.466 e. The van der Waals surface area contributed by atoms with Gasteiger partial charge in [-0.3, -0.25) is 9.59 Å². The van der Waals surface area contributed by atoms with Gasteiger partial charge in [-0.05, 0) is 36.3 Å². The second kappa shape index (κ2) is 10.4. The molecule has 0 aliphatic rings. The molecule has 0 bridgehead atoms. The predicted molar refractivity (Wildman–Crippen MR) is 104 cm³/mol. The van der Waals surface area contributed by atoms with Crippen molar-refractivity contribution in [3.63, 3.8) is 0 Å². The number of carbonyl (C=O) groups excluding carboxylic acids is 2. The molecule has 0 spiro atoms. The van der Waals surface area contributed by atoms with E-state index in [1.165, 1.54) is 6.08 Å². The fraction of sp³-hybridized carbons (Fsp3) is 0.238. The highest BCUT2D eigenvalue weighted by Crippen LogP contribution is 2.13. The average molecular weight is 372 g/mol. The number of halogens is 1. The van der Waals surface area contributed by atoms with Gasteiger partial charge < -0.3 is 9.64 Å². The number of carbonyl (C=O) groups is 2. The van der Waals surface area contributed by atoms with E-state index in [0.717, 1.165) is 11.1 Å². The Labute approximate surface area is 159 Å². The van der Waals surface area contributed by atoms with Crippen LogP contribution < -0.4 is 0 Å². The number of nitrogens with zero attached hydrogens (tertiary/aromatic N) is 1. The van der Waals surface area contributed by atoms with Crippen molar-refractivity contribution < 1.29 is 14.3 Å². The van der Waals surface area contributed by atoms with E-state index in [0.29, 0.717) is 24.7 Å². The Morgan fingerprint density at radius 3 is 2.42 bits per heavy atom. The molecule has 2 rings (SSSR count). The molecular formula is C21H22ClNO3. The Bertz CT molecular complexity index is 742. The summed E-state index contributed by atoms with van der Waals surface area (Å²) >= 11 is 5.91. The second-order valence-corrected chi connectivity index (χ2v) is 6.12. The summed E-state index contributed by atoms with van der Waals surface area (Å²) in [5, 5.41) is 0.641. The lowest BCUT2D eigenvalue weighted by Gasteiger charge is -2.21. The molecule has 2 aromatic carbocycles. The normalized spacial score (nSPS) is 10.7. The summed E-state index contributed by atoms with van der Waals surface area (Å²) in [5.41, 5.74) is 1.89. The van der Waals surface area contributed by atoms with Crippen LogP contribution >= 0.6 is 11.6 Å². The highest BCUT2D eigenvalue weighted by atomic mass is 35.5. The monoisotopic (exact) mass is 371 g/mol. The van der Waals surface area contributed by atoms with E-state index >= 15 is 0 Å². The van der Waals surface area contributed by atoms with Crippen molar-refractivity contribution in [2.75, 3.05) is 13.2 Å². The van der Waals surface area contributed by atoms with E-state index in [2.05, 4.69) is 0 Å². The molecule has 0 unspecified atom stereocenters. The Hall–Kier alpha value is -2.59. The maximum absolute atomic E-state index is 12.6. The van der Waals surface area contributed by atoms with Gasteiger partial charge in [-0.2, -0.15) is 0 Å². The van der Waals surface area contributed by atoms with Crippen LogP contribution in [0.4, 0.5) is 0 Å². The summed E-state index contributed by atoms with van der Waals surface area (Å²) in [6, 6.07) is 16.9. The van der Waals surface area contributed by atoms with Crippen molar-refractivity contribution in [1.82, 2.24) is 4.90 Å². The average Bonchev–Trinajstić information content (AvgIpc) is 2.66. The first-order valence-corrected chi connectivity index (χ1v) is 8.88. The molecule has 0 heterocycles. The Kier molecular flexibility index (Phi) is 7.90. The zero-order valence-electron chi connectivity index (χ0n) is 14.7. The molecule has 0 saturated heterocycles. The Morgan fingerprint density at radius 2 is 1.77 bits per heavy atom. The predicted octanol–water partition coefficient (Wildman–Crippen LogP) is 4.34. The topological polar surface area (TPSA) is 46.6 Å². The minimum Gasteiger partial charge on any atom is -0.466 e. The first kappa shape index (κ1) is 19.7. The van der Waals surface area contributed by atoms with Crippen LogP contribution in [0.1, 0.15) is 24.5 Å². The minimum atomic E-state index is -0.312. The van der Waals surface area contributed by atoms with Gasteiger partial charge in [0.1, 0.15) is 0 Å². The van der Waals surface area contributed by atoms with Crippen molar-refractivity contribution >= 4 is 29.6 Å². The van der Waals surface area contributed by atoms with Crippen molar-refractivity contribution in [3.8, 4) is 0 Å².